The lowest BCUT2D eigenvalue weighted by atomic mass is 9.93. The van der Waals surface area contributed by atoms with Gasteiger partial charge < -0.3 is 9.64 Å². The number of pyridine rings is 1. The first kappa shape index (κ1) is 16.9. The van der Waals surface area contributed by atoms with Crippen LogP contribution in [0.1, 0.15) is 28.8 Å². The van der Waals surface area contributed by atoms with Crippen molar-refractivity contribution in [2.24, 2.45) is 0 Å². The Kier molecular flexibility index (Phi) is 4.60. The highest BCUT2D eigenvalue weighted by molar-refractivity contribution is 9.10. The van der Waals surface area contributed by atoms with Gasteiger partial charge in [0.15, 0.2) is 12.4 Å². The van der Waals surface area contributed by atoms with Gasteiger partial charge in [-0.3, -0.25) is 9.59 Å². The van der Waals surface area contributed by atoms with Crippen LogP contribution in [-0.2, 0) is 4.79 Å². The standard InChI is InChI=1S/C17H14BrClN2O3/c1-9(12-4-3-11(18)6-13(12)19)16(23)10-5-14-17(20-7-10)24-8-15(22)21(14)2/h3-7,9H,8H2,1-2H3. The summed E-state index contributed by atoms with van der Waals surface area (Å²) in [5.41, 5.74) is 1.64. The fraction of sp³-hybridized carbons (Fsp3) is 0.235. The number of amides is 1. The van der Waals surface area contributed by atoms with Gasteiger partial charge in [-0.1, -0.05) is 40.5 Å². The van der Waals surface area contributed by atoms with Gasteiger partial charge in [0.1, 0.15) is 5.69 Å². The number of aromatic nitrogens is 1. The van der Waals surface area contributed by atoms with Crippen LogP contribution < -0.4 is 9.64 Å². The zero-order chi connectivity index (χ0) is 17.4. The number of benzene rings is 1. The van der Waals surface area contributed by atoms with E-state index < -0.39 is 5.92 Å². The average Bonchev–Trinajstić information content (AvgIpc) is 2.57. The second-order valence-electron chi connectivity index (χ2n) is 5.54. The first-order valence-corrected chi connectivity index (χ1v) is 8.44. The van der Waals surface area contributed by atoms with Gasteiger partial charge in [0.05, 0.1) is 0 Å². The fourth-order valence-corrected chi connectivity index (χ4v) is 3.37. The van der Waals surface area contributed by atoms with Crippen LogP contribution in [0.3, 0.4) is 0 Å². The maximum atomic E-state index is 12.8. The molecule has 5 nitrogen and oxygen atoms in total. The summed E-state index contributed by atoms with van der Waals surface area (Å²) in [6, 6.07) is 7.05. The maximum absolute atomic E-state index is 12.8. The zero-order valence-electron chi connectivity index (χ0n) is 13.0. The summed E-state index contributed by atoms with van der Waals surface area (Å²) in [5.74, 6) is -0.391. The number of Topliss-reactive ketones (excluding diaryl/α,β-unsaturated/α-hetero) is 1. The third-order valence-corrected chi connectivity index (χ3v) is 4.83. The lowest BCUT2D eigenvalue weighted by Crippen LogP contribution is -2.36. The number of rotatable bonds is 3. The molecule has 124 valence electrons. The SMILES string of the molecule is CC(C(=O)c1cnc2c(c1)N(C)C(=O)CO2)c1ccc(Br)cc1Cl. The number of anilines is 1. The van der Waals surface area contributed by atoms with Gasteiger partial charge in [-0.2, -0.15) is 0 Å². The minimum absolute atomic E-state index is 0.0469. The third kappa shape index (κ3) is 3.03. The molecule has 1 unspecified atom stereocenters. The molecule has 1 atom stereocenters. The molecule has 0 saturated heterocycles. The number of likely N-dealkylation sites (N-methyl/N-ethyl adjacent to an activating group) is 1. The van der Waals surface area contributed by atoms with E-state index in [1.807, 2.05) is 12.1 Å². The smallest absolute Gasteiger partial charge is 0.264 e. The number of fused-ring (bicyclic) bond motifs is 1. The Balaban J connectivity index is 1.94. The number of carbonyl (C=O) groups excluding carboxylic acids is 2. The van der Waals surface area contributed by atoms with Gasteiger partial charge in [-0.25, -0.2) is 4.98 Å². The van der Waals surface area contributed by atoms with Crippen LogP contribution in [0.15, 0.2) is 34.9 Å². The summed E-state index contributed by atoms with van der Waals surface area (Å²) >= 11 is 9.59. The third-order valence-electron chi connectivity index (χ3n) is 4.01. The van der Waals surface area contributed by atoms with Crippen LogP contribution in [-0.4, -0.2) is 30.3 Å². The van der Waals surface area contributed by atoms with E-state index in [4.69, 9.17) is 16.3 Å². The highest BCUT2D eigenvalue weighted by atomic mass is 79.9. The highest BCUT2D eigenvalue weighted by Gasteiger charge is 2.26. The molecule has 24 heavy (non-hydrogen) atoms. The van der Waals surface area contributed by atoms with E-state index in [-0.39, 0.29) is 18.3 Å². The number of ether oxygens (including phenoxy) is 1. The summed E-state index contributed by atoms with van der Waals surface area (Å²) in [6.07, 6.45) is 1.47. The quantitative estimate of drug-likeness (QED) is 0.723. The van der Waals surface area contributed by atoms with Crippen molar-refractivity contribution in [3.63, 3.8) is 0 Å². The highest BCUT2D eigenvalue weighted by Crippen LogP contribution is 2.33. The van der Waals surface area contributed by atoms with E-state index in [0.29, 0.717) is 22.2 Å². The van der Waals surface area contributed by atoms with Gasteiger partial charge in [0.2, 0.25) is 5.88 Å². The summed E-state index contributed by atoms with van der Waals surface area (Å²) in [5, 5.41) is 0.520. The molecule has 1 aliphatic rings. The molecule has 1 aliphatic heterocycles. The number of hydrogen-bond acceptors (Lipinski definition) is 4. The van der Waals surface area contributed by atoms with Crippen LogP contribution in [0.4, 0.5) is 5.69 Å². The minimum atomic E-state index is -0.434. The van der Waals surface area contributed by atoms with E-state index in [9.17, 15) is 9.59 Å². The van der Waals surface area contributed by atoms with Gasteiger partial charge in [-0.15, -0.1) is 0 Å². The molecule has 1 aromatic heterocycles. The van der Waals surface area contributed by atoms with Crippen molar-refractivity contribution in [3.05, 3.63) is 51.1 Å². The molecule has 0 radical (unpaired) electrons. The summed E-state index contributed by atoms with van der Waals surface area (Å²) in [4.78, 5) is 30.1. The molecule has 2 aromatic rings. The molecule has 0 fully saturated rings. The Hall–Kier alpha value is -1.92. The minimum Gasteiger partial charge on any atom is -0.466 e. The first-order chi connectivity index (χ1) is 11.4. The van der Waals surface area contributed by atoms with Crippen molar-refractivity contribution >= 4 is 44.9 Å². The number of carbonyl (C=O) groups is 2. The van der Waals surface area contributed by atoms with Crippen molar-refractivity contribution in [2.45, 2.75) is 12.8 Å². The van der Waals surface area contributed by atoms with Crippen LogP contribution in [0.25, 0.3) is 0 Å². The molecule has 2 heterocycles. The monoisotopic (exact) mass is 408 g/mol. The Morgan fingerprint density at radius 3 is 2.88 bits per heavy atom. The van der Waals surface area contributed by atoms with Gasteiger partial charge in [0, 0.05) is 34.2 Å². The summed E-state index contributed by atoms with van der Waals surface area (Å²) in [7, 11) is 1.63. The molecular weight excluding hydrogens is 396 g/mol. The van der Waals surface area contributed by atoms with Gasteiger partial charge in [0.25, 0.3) is 5.91 Å². The molecule has 0 saturated carbocycles. The Morgan fingerprint density at radius 2 is 2.17 bits per heavy atom. The van der Waals surface area contributed by atoms with E-state index in [0.717, 1.165) is 10.0 Å². The van der Waals surface area contributed by atoms with Crippen molar-refractivity contribution < 1.29 is 14.3 Å². The molecule has 0 spiro atoms. The molecule has 3 rings (SSSR count). The number of hydrogen-bond donors (Lipinski definition) is 0. The van der Waals surface area contributed by atoms with Crippen molar-refractivity contribution in [1.82, 2.24) is 4.98 Å². The second-order valence-corrected chi connectivity index (χ2v) is 6.86. The molecule has 7 heteroatoms. The first-order valence-electron chi connectivity index (χ1n) is 7.27. The van der Waals surface area contributed by atoms with Gasteiger partial charge >= 0.3 is 0 Å². The number of ketones is 1. The van der Waals surface area contributed by atoms with Crippen LogP contribution in [0.2, 0.25) is 5.02 Å². The van der Waals surface area contributed by atoms with E-state index >= 15 is 0 Å². The van der Waals surface area contributed by atoms with Crippen molar-refractivity contribution in [3.8, 4) is 5.88 Å². The molecule has 0 N–H and O–H groups in total. The average molecular weight is 410 g/mol. The normalized spacial score (nSPS) is 14.8. The van der Waals surface area contributed by atoms with Crippen LogP contribution >= 0.6 is 27.5 Å². The van der Waals surface area contributed by atoms with Crippen molar-refractivity contribution in [2.75, 3.05) is 18.6 Å². The molecule has 1 amide bonds. The molecule has 0 aliphatic carbocycles. The van der Waals surface area contributed by atoms with Crippen LogP contribution in [0.5, 0.6) is 5.88 Å². The van der Waals surface area contributed by atoms with E-state index in [1.54, 1.807) is 26.1 Å². The summed E-state index contributed by atoms with van der Waals surface area (Å²) in [6.45, 7) is 1.75. The lowest BCUT2D eigenvalue weighted by molar-refractivity contribution is -0.121. The number of halogens is 2. The molecule has 0 bridgehead atoms. The predicted octanol–water partition coefficient (Wildman–Crippen LogP) is 3.84. The lowest BCUT2D eigenvalue weighted by Gasteiger charge is -2.25. The Morgan fingerprint density at radius 1 is 1.42 bits per heavy atom. The van der Waals surface area contributed by atoms with E-state index in [2.05, 4.69) is 20.9 Å². The predicted molar refractivity (Wildman–Crippen MR) is 95.0 cm³/mol. The second kappa shape index (κ2) is 6.53. The maximum Gasteiger partial charge on any atom is 0.264 e. The summed E-state index contributed by atoms with van der Waals surface area (Å²) < 4.78 is 6.13. The molecular formula is C17H14BrClN2O3. The van der Waals surface area contributed by atoms with Crippen molar-refractivity contribution in [1.29, 1.82) is 0 Å². The largest absolute Gasteiger partial charge is 0.466 e. The van der Waals surface area contributed by atoms with E-state index in [1.165, 1.54) is 11.1 Å². The zero-order valence-corrected chi connectivity index (χ0v) is 15.4. The Bertz CT molecular complexity index is 841. The van der Waals surface area contributed by atoms with Gasteiger partial charge in [-0.05, 0) is 23.8 Å². The molecule has 1 aromatic carbocycles. The fourth-order valence-electron chi connectivity index (χ4n) is 2.53. The van der Waals surface area contributed by atoms with Crippen LogP contribution in [0, 0.1) is 0 Å². The topological polar surface area (TPSA) is 59.5 Å². The Labute approximate surface area is 152 Å². The number of nitrogens with zero attached hydrogens (tertiary/aromatic N) is 2.